The largest absolute Gasteiger partial charge is 0.358 e. The SMILES string of the molecule is C/N=C(\N=C(/C)N1CCN(Cc2ccc(Cl)cc2)CC1)c1ccc(C)cc1. The Morgan fingerprint density at radius 2 is 1.59 bits per heavy atom. The number of hydrogen-bond donors (Lipinski definition) is 0. The Kier molecular flexibility index (Phi) is 6.64. The lowest BCUT2D eigenvalue weighted by molar-refractivity contribution is 0.175. The molecule has 0 N–H and O–H groups in total. The van der Waals surface area contributed by atoms with E-state index in [4.69, 9.17) is 16.6 Å². The van der Waals surface area contributed by atoms with Crippen LogP contribution in [0.1, 0.15) is 23.6 Å². The fourth-order valence-corrected chi connectivity index (χ4v) is 3.37. The standard InChI is InChI=1S/C22H27ClN4/c1-17-4-8-20(9-5-17)22(24-3)25-18(2)27-14-12-26(13-15-27)16-19-6-10-21(23)11-7-19/h4-11H,12-16H2,1-3H3/b24-22-,25-18+. The highest BCUT2D eigenvalue weighted by Crippen LogP contribution is 2.13. The number of piperazine rings is 1. The minimum atomic E-state index is 0.788. The summed E-state index contributed by atoms with van der Waals surface area (Å²) in [5.74, 6) is 1.82. The van der Waals surface area contributed by atoms with Crippen LogP contribution in [-0.2, 0) is 6.54 Å². The van der Waals surface area contributed by atoms with Crippen molar-refractivity contribution < 1.29 is 0 Å². The minimum Gasteiger partial charge on any atom is -0.358 e. The molecule has 0 atom stereocenters. The van der Waals surface area contributed by atoms with Crippen molar-refractivity contribution >= 4 is 23.3 Å². The van der Waals surface area contributed by atoms with Gasteiger partial charge >= 0.3 is 0 Å². The predicted molar refractivity (Wildman–Crippen MR) is 115 cm³/mol. The van der Waals surface area contributed by atoms with Gasteiger partial charge in [-0.1, -0.05) is 53.6 Å². The first-order valence-electron chi connectivity index (χ1n) is 9.36. The van der Waals surface area contributed by atoms with Crippen LogP contribution in [0.2, 0.25) is 5.02 Å². The van der Waals surface area contributed by atoms with Crippen LogP contribution in [0.4, 0.5) is 0 Å². The van der Waals surface area contributed by atoms with Crippen molar-refractivity contribution in [1.29, 1.82) is 0 Å². The van der Waals surface area contributed by atoms with E-state index in [-0.39, 0.29) is 0 Å². The van der Waals surface area contributed by atoms with Crippen molar-refractivity contribution in [3.63, 3.8) is 0 Å². The summed E-state index contributed by atoms with van der Waals surface area (Å²) in [4.78, 5) is 14.0. The lowest BCUT2D eigenvalue weighted by atomic mass is 10.1. The molecule has 0 bridgehead atoms. The highest BCUT2D eigenvalue weighted by molar-refractivity contribution is 6.30. The van der Waals surface area contributed by atoms with E-state index in [1.807, 2.05) is 12.1 Å². The van der Waals surface area contributed by atoms with E-state index in [9.17, 15) is 0 Å². The normalized spacial score (nSPS) is 16.7. The van der Waals surface area contributed by atoms with E-state index >= 15 is 0 Å². The Morgan fingerprint density at radius 1 is 0.963 bits per heavy atom. The molecule has 0 amide bonds. The average Bonchev–Trinajstić information content (AvgIpc) is 2.69. The number of hydrogen-bond acceptors (Lipinski definition) is 2. The van der Waals surface area contributed by atoms with Gasteiger partial charge in [0.15, 0.2) is 5.84 Å². The molecule has 0 spiro atoms. The van der Waals surface area contributed by atoms with Crippen LogP contribution < -0.4 is 0 Å². The van der Waals surface area contributed by atoms with Gasteiger partial charge in [-0.2, -0.15) is 0 Å². The predicted octanol–water partition coefficient (Wildman–Crippen LogP) is 4.26. The summed E-state index contributed by atoms with van der Waals surface area (Å²) in [6, 6.07) is 16.5. The molecule has 4 nitrogen and oxygen atoms in total. The van der Waals surface area contributed by atoms with Crippen LogP contribution in [0.25, 0.3) is 0 Å². The van der Waals surface area contributed by atoms with E-state index in [1.165, 1.54) is 11.1 Å². The topological polar surface area (TPSA) is 31.2 Å². The van der Waals surface area contributed by atoms with Crippen molar-refractivity contribution in [1.82, 2.24) is 9.80 Å². The van der Waals surface area contributed by atoms with Crippen molar-refractivity contribution in [3.8, 4) is 0 Å². The summed E-state index contributed by atoms with van der Waals surface area (Å²) >= 11 is 5.97. The van der Waals surface area contributed by atoms with Crippen molar-refractivity contribution in [2.75, 3.05) is 33.2 Å². The van der Waals surface area contributed by atoms with Crippen LogP contribution in [0.5, 0.6) is 0 Å². The molecular weight excluding hydrogens is 356 g/mol. The Bertz CT molecular complexity index is 801. The van der Waals surface area contributed by atoms with Gasteiger partial charge in [0, 0.05) is 50.4 Å². The van der Waals surface area contributed by atoms with Gasteiger partial charge < -0.3 is 4.90 Å². The van der Waals surface area contributed by atoms with Crippen LogP contribution in [0.15, 0.2) is 58.5 Å². The molecule has 0 saturated carbocycles. The van der Waals surface area contributed by atoms with Crippen LogP contribution in [0, 0.1) is 6.92 Å². The van der Waals surface area contributed by atoms with Crippen LogP contribution in [0.3, 0.4) is 0 Å². The second kappa shape index (κ2) is 9.16. The van der Waals surface area contributed by atoms with E-state index < -0.39 is 0 Å². The number of benzene rings is 2. The molecule has 1 heterocycles. The second-order valence-electron chi connectivity index (χ2n) is 6.96. The molecule has 0 aromatic heterocycles. The number of halogens is 1. The average molecular weight is 383 g/mol. The summed E-state index contributed by atoms with van der Waals surface area (Å²) in [7, 11) is 1.80. The third-order valence-corrected chi connectivity index (χ3v) is 5.19. The van der Waals surface area contributed by atoms with Gasteiger partial charge in [0.05, 0.1) is 0 Å². The van der Waals surface area contributed by atoms with E-state index in [2.05, 4.69) is 65.0 Å². The maximum absolute atomic E-state index is 5.97. The zero-order valence-electron chi connectivity index (χ0n) is 16.3. The van der Waals surface area contributed by atoms with Gasteiger partial charge in [0.1, 0.15) is 5.84 Å². The molecule has 2 aromatic carbocycles. The van der Waals surface area contributed by atoms with Gasteiger partial charge in [-0.15, -0.1) is 0 Å². The summed E-state index contributed by atoms with van der Waals surface area (Å²) < 4.78 is 0. The maximum atomic E-state index is 5.97. The highest BCUT2D eigenvalue weighted by atomic mass is 35.5. The second-order valence-corrected chi connectivity index (χ2v) is 7.40. The third kappa shape index (κ3) is 5.41. The Hall–Kier alpha value is -2.17. The number of aliphatic imine (C=N–C) groups is 2. The molecule has 3 rings (SSSR count). The lowest BCUT2D eigenvalue weighted by Gasteiger charge is -2.35. The molecular formula is C22H27ClN4. The number of rotatable bonds is 3. The first-order chi connectivity index (χ1) is 13.0. The van der Waals surface area contributed by atoms with Gasteiger partial charge in [-0.25, -0.2) is 4.99 Å². The molecule has 1 fully saturated rings. The summed E-state index contributed by atoms with van der Waals surface area (Å²) in [5, 5.41) is 0.789. The van der Waals surface area contributed by atoms with E-state index in [0.29, 0.717) is 0 Å². The fraction of sp³-hybridized carbons (Fsp3) is 0.364. The Morgan fingerprint density at radius 3 is 2.19 bits per heavy atom. The van der Waals surface area contributed by atoms with Crippen LogP contribution in [-0.4, -0.2) is 54.7 Å². The van der Waals surface area contributed by atoms with Crippen molar-refractivity contribution in [2.24, 2.45) is 9.98 Å². The van der Waals surface area contributed by atoms with Gasteiger partial charge in [-0.3, -0.25) is 9.89 Å². The molecule has 5 heteroatoms. The van der Waals surface area contributed by atoms with Gasteiger partial charge in [-0.05, 0) is 31.5 Å². The van der Waals surface area contributed by atoms with Crippen molar-refractivity contribution in [2.45, 2.75) is 20.4 Å². The molecule has 0 unspecified atom stereocenters. The van der Waals surface area contributed by atoms with E-state index in [0.717, 1.165) is 55.0 Å². The molecule has 2 aromatic rings. The van der Waals surface area contributed by atoms with Crippen molar-refractivity contribution in [3.05, 3.63) is 70.2 Å². The number of amidine groups is 2. The quantitative estimate of drug-likeness (QED) is 0.586. The molecule has 0 aliphatic carbocycles. The number of nitrogens with zero attached hydrogens (tertiary/aromatic N) is 4. The summed E-state index contributed by atoms with van der Waals surface area (Å²) in [6.45, 7) is 9.14. The molecule has 1 aliphatic heterocycles. The number of aryl methyl sites for hydroxylation is 1. The maximum Gasteiger partial charge on any atom is 0.156 e. The first-order valence-corrected chi connectivity index (χ1v) is 9.74. The lowest BCUT2D eigenvalue weighted by Crippen LogP contribution is -2.47. The highest BCUT2D eigenvalue weighted by Gasteiger charge is 2.18. The smallest absolute Gasteiger partial charge is 0.156 e. The van der Waals surface area contributed by atoms with Crippen LogP contribution >= 0.6 is 11.6 Å². The molecule has 27 heavy (non-hydrogen) atoms. The zero-order chi connectivity index (χ0) is 19.2. The summed E-state index contributed by atoms with van der Waals surface area (Å²) in [5.41, 5.74) is 3.61. The Labute approximate surface area is 167 Å². The molecule has 1 aliphatic rings. The third-order valence-electron chi connectivity index (χ3n) is 4.94. The van der Waals surface area contributed by atoms with E-state index in [1.54, 1.807) is 7.05 Å². The zero-order valence-corrected chi connectivity index (χ0v) is 17.1. The monoisotopic (exact) mass is 382 g/mol. The molecule has 1 saturated heterocycles. The van der Waals surface area contributed by atoms with Gasteiger partial charge in [0.25, 0.3) is 0 Å². The Balaban J connectivity index is 1.58. The first kappa shape index (κ1) is 19.6. The summed E-state index contributed by atoms with van der Waals surface area (Å²) in [6.07, 6.45) is 0. The molecule has 142 valence electrons. The minimum absolute atomic E-state index is 0.788. The van der Waals surface area contributed by atoms with Gasteiger partial charge in [0.2, 0.25) is 0 Å². The molecule has 0 radical (unpaired) electrons. The fourth-order valence-electron chi connectivity index (χ4n) is 3.25.